The van der Waals surface area contributed by atoms with E-state index in [4.69, 9.17) is 0 Å². The van der Waals surface area contributed by atoms with Gasteiger partial charge in [0, 0.05) is 57.7 Å². The summed E-state index contributed by atoms with van der Waals surface area (Å²) < 4.78 is 2.15. The van der Waals surface area contributed by atoms with Crippen LogP contribution in [0.15, 0.2) is 35.5 Å². The summed E-state index contributed by atoms with van der Waals surface area (Å²) in [6.07, 6.45) is 5.78. The maximum Gasteiger partial charge on any atom is 0.0946 e. The minimum absolute atomic E-state index is 0.553. The van der Waals surface area contributed by atoms with Crippen molar-refractivity contribution in [2.45, 2.75) is 19.5 Å². The second-order valence-electron chi connectivity index (χ2n) is 5.41. The van der Waals surface area contributed by atoms with Gasteiger partial charge in [-0.25, -0.2) is 4.98 Å². The molecule has 3 heterocycles. The Labute approximate surface area is 124 Å². The Morgan fingerprint density at radius 1 is 1.25 bits per heavy atom. The number of aromatic nitrogens is 2. The van der Waals surface area contributed by atoms with Gasteiger partial charge in [0.05, 0.1) is 6.33 Å². The maximum atomic E-state index is 4.09. The van der Waals surface area contributed by atoms with Crippen LogP contribution in [0.25, 0.3) is 0 Å². The van der Waals surface area contributed by atoms with Crippen molar-refractivity contribution in [1.29, 1.82) is 0 Å². The number of imidazole rings is 1. The molecule has 0 bridgehead atoms. The highest BCUT2D eigenvalue weighted by Crippen LogP contribution is 2.23. The van der Waals surface area contributed by atoms with E-state index in [1.807, 2.05) is 18.7 Å². The van der Waals surface area contributed by atoms with E-state index in [1.165, 1.54) is 31.7 Å². The van der Waals surface area contributed by atoms with Gasteiger partial charge in [0.2, 0.25) is 0 Å². The molecule has 1 saturated heterocycles. The first-order valence-electron chi connectivity index (χ1n) is 7.27. The van der Waals surface area contributed by atoms with Crippen LogP contribution in [-0.2, 0) is 6.54 Å². The third kappa shape index (κ3) is 3.29. The van der Waals surface area contributed by atoms with Crippen molar-refractivity contribution in [3.63, 3.8) is 0 Å². The van der Waals surface area contributed by atoms with E-state index in [1.54, 1.807) is 11.3 Å². The minimum Gasteiger partial charge on any atom is -0.336 e. The van der Waals surface area contributed by atoms with Crippen molar-refractivity contribution in [2.75, 3.05) is 32.7 Å². The Hall–Kier alpha value is -1.17. The van der Waals surface area contributed by atoms with E-state index < -0.39 is 0 Å². The zero-order valence-corrected chi connectivity index (χ0v) is 12.8. The fourth-order valence-electron chi connectivity index (χ4n) is 2.77. The van der Waals surface area contributed by atoms with Crippen molar-refractivity contribution in [1.82, 2.24) is 19.4 Å². The van der Waals surface area contributed by atoms with Gasteiger partial charge in [-0.05, 0) is 29.3 Å². The molecule has 0 aromatic carbocycles. The smallest absolute Gasteiger partial charge is 0.0946 e. The van der Waals surface area contributed by atoms with Crippen molar-refractivity contribution < 1.29 is 0 Å². The van der Waals surface area contributed by atoms with Crippen LogP contribution in [-0.4, -0.2) is 52.1 Å². The SMILES string of the molecule is C[C@H](c1ccsc1)N1CCN(CCn2ccnc2)CC1. The molecule has 108 valence electrons. The van der Waals surface area contributed by atoms with Gasteiger partial charge in [-0.2, -0.15) is 11.3 Å². The van der Waals surface area contributed by atoms with Crippen LogP contribution >= 0.6 is 11.3 Å². The molecule has 2 aromatic heterocycles. The second kappa shape index (κ2) is 6.52. The average Bonchev–Trinajstić information content (AvgIpc) is 3.18. The van der Waals surface area contributed by atoms with Crippen molar-refractivity contribution >= 4 is 11.3 Å². The predicted molar refractivity (Wildman–Crippen MR) is 83.0 cm³/mol. The van der Waals surface area contributed by atoms with Gasteiger partial charge in [0.1, 0.15) is 0 Å². The molecule has 0 radical (unpaired) electrons. The van der Waals surface area contributed by atoms with Gasteiger partial charge in [0.15, 0.2) is 0 Å². The third-order valence-electron chi connectivity index (χ3n) is 4.21. The topological polar surface area (TPSA) is 24.3 Å². The summed E-state index contributed by atoms with van der Waals surface area (Å²) in [6, 6.07) is 2.80. The highest BCUT2D eigenvalue weighted by atomic mass is 32.1. The van der Waals surface area contributed by atoms with Crippen LogP contribution in [0, 0.1) is 0 Å². The zero-order valence-electron chi connectivity index (χ0n) is 12.0. The number of hydrogen-bond acceptors (Lipinski definition) is 4. The number of rotatable bonds is 5. The lowest BCUT2D eigenvalue weighted by Gasteiger charge is -2.38. The van der Waals surface area contributed by atoms with Crippen LogP contribution in [0.5, 0.6) is 0 Å². The van der Waals surface area contributed by atoms with Crippen molar-refractivity contribution in [3.05, 3.63) is 41.1 Å². The molecule has 1 fully saturated rings. The molecule has 0 aliphatic carbocycles. The zero-order chi connectivity index (χ0) is 13.8. The molecule has 3 rings (SSSR count). The van der Waals surface area contributed by atoms with E-state index in [2.05, 4.69) is 43.1 Å². The van der Waals surface area contributed by atoms with E-state index in [0.717, 1.165) is 13.1 Å². The first-order valence-corrected chi connectivity index (χ1v) is 8.21. The summed E-state index contributed by atoms with van der Waals surface area (Å²) >= 11 is 1.79. The number of hydrogen-bond donors (Lipinski definition) is 0. The summed E-state index contributed by atoms with van der Waals surface area (Å²) in [4.78, 5) is 9.23. The highest BCUT2D eigenvalue weighted by Gasteiger charge is 2.21. The van der Waals surface area contributed by atoms with E-state index >= 15 is 0 Å². The molecule has 5 heteroatoms. The predicted octanol–water partition coefficient (Wildman–Crippen LogP) is 2.32. The Balaban J connectivity index is 1.45. The lowest BCUT2D eigenvalue weighted by atomic mass is 10.1. The molecule has 0 amide bonds. The normalized spacial score (nSPS) is 19.2. The lowest BCUT2D eigenvalue weighted by molar-refractivity contribution is 0.100. The molecule has 1 atom stereocenters. The van der Waals surface area contributed by atoms with Gasteiger partial charge in [-0.1, -0.05) is 0 Å². The average molecular weight is 290 g/mol. The quantitative estimate of drug-likeness (QED) is 0.844. The minimum atomic E-state index is 0.553. The van der Waals surface area contributed by atoms with Gasteiger partial charge in [-0.3, -0.25) is 9.80 Å². The fourth-order valence-corrected chi connectivity index (χ4v) is 3.52. The van der Waals surface area contributed by atoms with Gasteiger partial charge in [0.25, 0.3) is 0 Å². The number of piperazine rings is 1. The molecule has 20 heavy (non-hydrogen) atoms. The Kier molecular flexibility index (Phi) is 4.50. The van der Waals surface area contributed by atoms with Crippen LogP contribution in [0.1, 0.15) is 18.5 Å². The molecule has 2 aromatic rings. The molecule has 0 spiro atoms. The van der Waals surface area contributed by atoms with Crippen molar-refractivity contribution in [2.24, 2.45) is 0 Å². The van der Waals surface area contributed by atoms with Crippen LogP contribution in [0.2, 0.25) is 0 Å². The molecule has 0 unspecified atom stereocenters. The molecule has 1 aliphatic rings. The summed E-state index contributed by atoms with van der Waals surface area (Å²) in [5.74, 6) is 0. The molecular weight excluding hydrogens is 268 g/mol. The summed E-state index contributed by atoms with van der Waals surface area (Å²) in [6.45, 7) is 9.16. The van der Waals surface area contributed by atoms with Gasteiger partial charge in [-0.15, -0.1) is 0 Å². The standard InChI is InChI=1S/C15H22N4S/c1-14(15-2-11-20-12-15)19-9-7-17(8-10-19)5-6-18-4-3-16-13-18/h2-4,11-14H,5-10H2,1H3/t14-/m1/s1. The summed E-state index contributed by atoms with van der Waals surface area (Å²) in [7, 11) is 0. The monoisotopic (exact) mass is 290 g/mol. The Morgan fingerprint density at radius 2 is 2.10 bits per heavy atom. The first-order chi connectivity index (χ1) is 9.83. The lowest BCUT2D eigenvalue weighted by Crippen LogP contribution is -2.47. The molecule has 0 N–H and O–H groups in total. The summed E-state index contributed by atoms with van der Waals surface area (Å²) in [5, 5.41) is 4.45. The molecule has 0 saturated carbocycles. The summed E-state index contributed by atoms with van der Waals surface area (Å²) in [5.41, 5.74) is 1.46. The maximum absolute atomic E-state index is 4.09. The molecule has 4 nitrogen and oxygen atoms in total. The highest BCUT2D eigenvalue weighted by molar-refractivity contribution is 7.07. The van der Waals surface area contributed by atoms with Crippen molar-refractivity contribution in [3.8, 4) is 0 Å². The number of nitrogens with zero attached hydrogens (tertiary/aromatic N) is 4. The fraction of sp³-hybridized carbons (Fsp3) is 0.533. The third-order valence-corrected chi connectivity index (χ3v) is 4.92. The second-order valence-corrected chi connectivity index (χ2v) is 6.19. The van der Waals surface area contributed by atoms with E-state index in [9.17, 15) is 0 Å². The van der Waals surface area contributed by atoms with Crippen LogP contribution < -0.4 is 0 Å². The molecule has 1 aliphatic heterocycles. The van der Waals surface area contributed by atoms with Crippen LogP contribution in [0.4, 0.5) is 0 Å². The Bertz CT molecular complexity index is 486. The largest absolute Gasteiger partial charge is 0.336 e. The van der Waals surface area contributed by atoms with Gasteiger partial charge < -0.3 is 4.57 Å². The molecular formula is C15H22N4S. The van der Waals surface area contributed by atoms with E-state index in [0.29, 0.717) is 6.04 Å². The van der Waals surface area contributed by atoms with Gasteiger partial charge >= 0.3 is 0 Å². The first kappa shape index (κ1) is 13.8. The Morgan fingerprint density at radius 3 is 2.75 bits per heavy atom. The number of thiophene rings is 1. The van der Waals surface area contributed by atoms with E-state index in [-0.39, 0.29) is 0 Å². The van der Waals surface area contributed by atoms with Crippen LogP contribution in [0.3, 0.4) is 0 Å².